The van der Waals surface area contributed by atoms with E-state index in [0.29, 0.717) is 15.6 Å². The van der Waals surface area contributed by atoms with Crippen LogP contribution in [0, 0.1) is 5.41 Å². The van der Waals surface area contributed by atoms with Gasteiger partial charge in [-0.25, -0.2) is 4.98 Å². The first-order chi connectivity index (χ1) is 7.35. The van der Waals surface area contributed by atoms with Gasteiger partial charge in [0.05, 0.1) is 10.0 Å². The number of hydrogen-bond donors (Lipinski definition) is 0. The van der Waals surface area contributed by atoms with Crippen LogP contribution in [-0.2, 0) is 6.42 Å². The molecule has 16 heavy (non-hydrogen) atoms. The monoisotopic (exact) mass is 257 g/mol. The SMILES string of the molecule is CC(C)(C)Cc1nc2cc(Cl)c(Cl)cc2o1. The molecule has 0 saturated carbocycles. The van der Waals surface area contributed by atoms with Gasteiger partial charge in [-0.15, -0.1) is 0 Å². The van der Waals surface area contributed by atoms with Crippen LogP contribution in [0.5, 0.6) is 0 Å². The van der Waals surface area contributed by atoms with Crippen molar-refractivity contribution in [1.29, 1.82) is 0 Å². The van der Waals surface area contributed by atoms with E-state index in [-0.39, 0.29) is 5.41 Å². The Kier molecular flexibility index (Phi) is 2.89. The highest BCUT2D eigenvalue weighted by Crippen LogP contribution is 2.29. The van der Waals surface area contributed by atoms with Crippen molar-refractivity contribution in [3.63, 3.8) is 0 Å². The second-order valence-corrected chi connectivity index (χ2v) is 5.89. The molecule has 0 spiro atoms. The average molecular weight is 258 g/mol. The lowest BCUT2D eigenvalue weighted by Crippen LogP contribution is -2.09. The van der Waals surface area contributed by atoms with E-state index in [4.69, 9.17) is 27.6 Å². The summed E-state index contributed by atoms with van der Waals surface area (Å²) < 4.78 is 5.63. The quantitative estimate of drug-likeness (QED) is 0.739. The van der Waals surface area contributed by atoms with Crippen LogP contribution >= 0.6 is 23.2 Å². The molecule has 2 rings (SSSR count). The molecule has 86 valence electrons. The number of benzene rings is 1. The molecule has 0 saturated heterocycles. The second-order valence-electron chi connectivity index (χ2n) is 5.08. The number of hydrogen-bond acceptors (Lipinski definition) is 2. The van der Waals surface area contributed by atoms with Crippen molar-refractivity contribution >= 4 is 34.3 Å². The number of oxazole rings is 1. The van der Waals surface area contributed by atoms with E-state index in [1.54, 1.807) is 12.1 Å². The van der Waals surface area contributed by atoms with Crippen molar-refractivity contribution in [1.82, 2.24) is 4.98 Å². The van der Waals surface area contributed by atoms with E-state index < -0.39 is 0 Å². The summed E-state index contributed by atoms with van der Waals surface area (Å²) in [5.41, 5.74) is 1.59. The van der Waals surface area contributed by atoms with E-state index in [1.807, 2.05) is 0 Å². The molecule has 2 nitrogen and oxygen atoms in total. The molecule has 0 fully saturated rings. The maximum absolute atomic E-state index is 5.92. The molecule has 2 aromatic rings. The maximum Gasteiger partial charge on any atom is 0.195 e. The molecule has 0 aliphatic heterocycles. The lowest BCUT2D eigenvalue weighted by atomic mass is 9.92. The first-order valence-electron chi connectivity index (χ1n) is 5.10. The Bertz CT molecular complexity index is 487. The van der Waals surface area contributed by atoms with Gasteiger partial charge in [0, 0.05) is 12.5 Å². The molecule has 0 radical (unpaired) electrons. The Hall–Kier alpha value is -0.730. The van der Waals surface area contributed by atoms with E-state index in [9.17, 15) is 0 Å². The third-order valence-electron chi connectivity index (χ3n) is 2.16. The van der Waals surface area contributed by atoms with Crippen LogP contribution in [0.1, 0.15) is 26.7 Å². The molecule has 0 aliphatic carbocycles. The highest BCUT2D eigenvalue weighted by atomic mass is 35.5. The van der Waals surface area contributed by atoms with Crippen LogP contribution in [0.15, 0.2) is 16.5 Å². The first-order valence-corrected chi connectivity index (χ1v) is 5.85. The molecule has 0 N–H and O–H groups in total. The van der Waals surface area contributed by atoms with Crippen LogP contribution in [0.2, 0.25) is 10.0 Å². The van der Waals surface area contributed by atoms with Gasteiger partial charge in [0.1, 0.15) is 5.52 Å². The van der Waals surface area contributed by atoms with Crippen LogP contribution in [0.3, 0.4) is 0 Å². The Labute approximate surface area is 105 Å². The molecule has 0 atom stereocenters. The topological polar surface area (TPSA) is 26.0 Å². The molecule has 1 aromatic carbocycles. The summed E-state index contributed by atoms with van der Waals surface area (Å²) >= 11 is 11.8. The van der Waals surface area contributed by atoms with Crippen molar-refractivity contribution < 1.29 is 4.42 Å². The van der Waals surface area contributed by atoms with E-state index in [0.717, 1.165) is 17.8 Å². The lowest BCUT2D eigenvalue weighted by molar-refractivity contribution is 0.362. The summed E-state index contributed by atoms with van der Waals surface area (Å²) in [4.78, 5) is 4.39. The van der Waals surface area contributed by atoms with Gasteiger partial charge in [-0.3, -0.25) is 0 Å². The minimum Gasteiger partial charge on any atom is -0.441 e. The maximum atomic E-state index is 5.92. The van der Waals surface area contributed by atoms with Gasteiger partial charge in [-0.1, -0.05) is 44.0 Å². The fraction of sp³-hybridized carbons (Fsp3) is 0.417. The summed E-state index contributed by atoms with van der Waals surface area (Å²) in [6, 6.07) is 3.44. The van der Waals surface area contributed by atoms with Crippen molar-refractivity contribution in [2.45, 2.75) is 27.2 Å². The first kappa shape index (κ1) is 11.7. The third kappa shape index (κ3) is 2.50. The van der Waals surface area contributed by atoms with Gasteiger partial charge in [0.15, 0.2) is 11.5 Å². The minimum atomic E-state index is 0.147. The number of nitrogens with zero attached hydrogens (tertiary/aromatic N) is 1. The molecular formula is C12H13Cl2NO. The Morgan fingerprint density at radius 1 is 1.19 bits per heavy atom. The molecule has 0 bridgehead atoms. The number of fused-ring (bicyclic) bond motifs is 1. The molecule has 1 aromatic heterocycles. The third-order valence-corrected chi connectivity index (χ3v) is 2.88. The molecular weight excluding hydrogens is 245 g/mol. The van der Waals surface area contributed by atoms with E-state index >= 15 is 0 Å². The molecule has 0 amide bonds. The summed E-state index contributed by atoms with van der Waals surface area (Å²) in [7, 11) is 0. The van der Waals surface area contributed by atoms with Gasteiger partial charge < -0.3 is 4.42 Å². The van der Waals surface area contributed by atoms with Crippen LogP contribution in [-0.4, -0.2) is 4.98 Å². The Balaban J connectivity index is 2.44. The zero-order valence-corrected chi connectivity index (χ0v) is 11.0. The van der Waals surface area contributed by atoms with Crippen molar-refractivity contribution in [2.75, 3.05) is 0 Å². The van der Waals surface area contributed by atoms with Gasteiger partial charge in [-0.05, 0) is 11.5 Å². The Morgan fingerprint density at radius 3 is 2.44 bits per heavy atom. The summed E-state index contributed by atoms with van der Waals surface area (Å²) in [5.74, 6) is 0.723. The Morgan fingerprint density at radius 2 is 1.81 bits per heavy atom. The number of aromatic nitrogens is 1. The zero-order valence-electron chi connectivity index (χ0n) is 9.47. The largest absolute Gasteiger partial charge is 0.441 e. The smallest absolute Gasteiger partial charge is 0.195 e. The van der Waals surface area contributed by atoms with Gasteiger partial charge in [0.2, 0.25) is 0 Å². The predicted octanol–water partition coefficient (Wildman–Crippen LogP) is 4.72. The fourth-order valence-corrected chi connectivity index (χ4v) is 1.81. The van der Waals surface area contributed by atoms with Crippen LogP contribution in [0.4, 0.5) is 0 Å². The van der Waals surface area contributed by atoms with Gasteiger partial charge >= 0.3 is 0 Å². The zero-order chi connectivity index (χ0) is 11.9. The van der Waals surface area contributed by atoms with Crippen LogP contribution < -0.4 is 0 Å². The molecule has 0 unspecified atom stereocenters. The molecule has 1 heterocycles. The predicted molar refractivity (Wildman–Crippen MR) is 67.2 cm³/mol. The fourth-order valence-electron chi connectivity index (χ4n) is 1.50. The van der Waals surface area contributed by atoms with Crippen molar-refractivity contribution in [3.05, 3.63) is 28.1 Å². The summed E-state index contributed by atoms with van der Waals surface area (Å²) in [6.07, 6.45) is 0.789. The van der Waals surface area contributed by atoms with Crippen LogP contribution in [0.25, 0.3) is 11.1 Å². The van der Waals surface area contributed by atoms with Crippen molar-refractivity contribution in [3.8, 4) is 0 Å². The normalized spacial score (nSPS) is 12.3. The van der Waals surface area contributed by atoms with E-state index in [2.05, 4.69) is 25.8 Å². The van der Waals surface area contributed by atoms with E-state index in [1.165, 1.54) is 0 Å². The minimum absolute atomic E-state index is 0.147. The average Bonchev–Trinajstić information content (AvgIpc) is 2.44. The highest BCUT2D eigenvalue weighted by molar-refractivity contribution is 6.42. The second kappa shape index (κ2) is 3.94. The van der Waals surface area contributed by atoms with Gasteiger partial charge in [0.25, 0.3) is 0 Å². The number of halogens is 2. The lowest BCUT2D eigenvalue weighted by Gasteiger charge is -2.14. The number of rotatable bonds is 1. The van der Waals surface area contributed by atoms with Crippen molar-refractivity contribution in [2.24, 2.45) is 5.41 Å². The van der Waals surface area contributed by atoms with Gasteiger partial charge in [-0.2, -0.15) is 0 Å². The summed E-state index contributed by atoms with van der Waals surface area (Å²) in [6.45, 7) is 6.42. The molecule has 4 heteroatoms. The summed E-state index contributed by atoms with van der Waals surface area (Å²) in [5, 5.41) is 0.998. The highest BCUT2D eigenvalue weighted by Gasteiger charge is 2.16. The molecule has 0 aliphatic rings. The standard InChI is InChI=1S/C12H13Cl2NO/c1-12(2,3)6-11-15-9-4-7(13)8(14)5-10(9)16-11/h4-5H,6H2,1-3H3.